The third-order valence-corrected chi connectivity index (χ3v) is 3.47. The first kappa shape index (κ1) is 13.3. The van der Waals surface area contributed by atoms with E-state index in [-0.39, 0.29) is 5.56 Å². The molecule has 21 heavy (non-hydrogen) atoms. The minimum absolute atomic E-state index is 0.123. The highest BCUT2D eigenvalue weighted by Crippen LogP contribution is 2.23. The third kappa shape index (κ3) is 2.38. The molecule has 0 amide bonds. The quantitative estimate of drug-likeness (QED) is 0.784. The zero-order valence-corrected chi connectivity index (χ0v) is 12.2. The van der Waals surface area contributed by atoms with Gasteiger partial charge in [0, 0.05) is 24.4 Å². The summed E-state index contributed by atoms with van der Waals surface area (Å²) in [6, 6.07) is 9.72. The number of hydrogen-bond acceptors (Lipinski definition) is 3. The Balaban J connectivity index is 2.24. The van der Waals surface area contributed by atoms with Gasteiger partial charge in [-0.15, -0.1) is 0 Å². The molecule has 3 rings (SSSR count). The van der Waals surface area contributed by atoms with Gasteiger partial charge >= 0.3 is 0 Å². The minimum atomic E-state index is -0.123. The lowest BCUT2D eigenvalue weighted by atomic mass is 10.1. The summed E-state index contributed by atoms with van der Waals surface area (Å²) in [6.07, 6.45) is 1.86. The van der Waals surface area contributed by atoms with Crippen molar-refractivity contribution in [2.45, 2.75) is 13.8 Å². The van der Waals surface area contributed by atoms with Crippen molar-refractivity contribution in [3.05, 3.63) is 58.1 Å². The van der Waals surface area contributed by atoms with Gasteiger partial charge in [0.25, 0.3) is 5.56 Å². The fourth-order valence-corrected chi connectivity index (χ4v) is 2.37. The smallest absolute Gasteiger partial charge is 0.254 e. The molecule has 106 valence electrons. The van der Waals surface area contributed by atoms with Gasteiger partial charge in [-0.25, -0.2) is 4.98 Å². The molecule has 0 bridgehead atoms. The Kier molecular flexibility index (Phi) is 3.17. The van der Waals surface area contributed by atoms with Crippen molar-refractivity contribution >= 4 is 0 Å². The molecule has 3 aromatic rings. The van der Waals surface area contributed by atoms with E-state index in [4.69, 9.17) is 0 Å². The summed E-state index contributed by atoms with van der Waals surface area (Å²) < 4.78 is 1.71. The highest BCUT2D eigenvalue weighted by Gasteiger charge is 2.13. The number of nitrogens with zero attached hydrogens (tertiary/aromatic N) is 3. The first-order valence-corrected chi connectivity index (χ1v) is 6.73. The Morgan fingerprint density at radius 3 is 2.48 bits per heavy atom. The molecular weight excluding hydrogens is 264 g/mol. The number of rotatable bonds is 2. The second-order valence-corrected chi connectivity index (χ2v) is 5.06. The molecule has 5 heteroatoms. The van der Waals surface area contributed by atoms with E-state index < -0.39 is 0 Å². The molecular formula is C16H16N4O. The second-order valence-electron chi connectivity index (χ2n) is 5.06. The Bertz CT molecular complexity index is 846. The van der Waals surface area contributed by atoms with E-state index in [1.807, 2.05) is 50.5 Å². The first-order chi connectivity index (χ1) is 10.1. The molecule has 0 unspecified atom stereocenters. The largest absolute Gasteiger partial charge is 0.306 e. The van der Waals surface area contributed by atoms with Gasteiger partial charge in [-0.1, -0.05) is 30.3 Å². The van der Waals surface area contributed by atoms with Crippen LogP contribution < -0.4 is 5.56 Å². The average molecular weight is 280 g/mol. The van der Waals surface area contributed by atoms with Crippen molar-refractivity contribution in [1.29, 1.82) is 0 Å². The van der Waals surface area contributed by atoms with Crippen molar-refractivity contribution in [3.8, 4) is 22.6 Å². The monoisotopic (exact) mass is 280 g/mol. The average Bonchev–Trinajstić information content (AvgIpc) is 2.81. The van der Waals surface area contributed by atoms with Crippen LogP contribution in [-0.4, -0.2) is 19.7 Å². The zero-order chi connectivity index (χ0) is 15.0. The van der Waals surface area contributed by atoms with E-state index in [9.17, 15) is 4.79 Å². The topological polar surface area (TPSA) is 63.6 Å². The standard InChI is InChI=1S/C16H16N4O/c1-10-14(12-7-5-4-6-8-12)17-15(18-16(10)21)13-9-20(3)19-11(13)2/h4-9H,1-3H3,(H,17,18,21). The molecule has 0 aliphatic heterocycles. The maximum atomic E-state index is 12.2. The van der Waals surface area contributed by atoms with E-state index in [1.165, 1.54) is 0 Å². The molecule has 0 saturated carbocycles. The van der Waals surface area contributed by atoms with Gasteiger partial charge in [0.05, 0.1) is 17.0 Å². The highest BCUT2D eigenvalue weighted by atomic mass is 16.1. The SMILES string of the molecule is Cc1nn(C)cc1-c1nc(-c2ccccc2)c(C)c(=O)[nH]1. The Morgan fingerprint density at radius 2 is 1.86 bits per heavy atom. The summed E-state index contributed by atoms with van der Waals surface area (Å²) in [5, 5.41) is 4.30. The molecule has 0 saturated heterocycles. The van der Waals surface area contributed by atoms with Crippen LogP contribution in [0.25, 0.3) is 22.6 Å². The second kappa shape index (κ2) is 5.01. The molecule has 0 atom stereocenters. The lowest BCUT2D eigenvalue weighted by molar-refractivity contribution is 0.756. The fourth-order valence-electron chi connectivity index (χ4n) is 2.37. The van der Waals surface area contributed by atoms with Crippen LogP contribution in [0.15, 0.2) is 41.3 Å². The van der Waals surface area contributed by atoms with Crippen LogP contribution in [0.2, 0.25) is 0 Å². The zero-order valence-electron chi connectivity index (χ0n) is 12.2. The van der Waals surface area contributed by atoms with Crippen molar-refractivity contribution in [2.24, 2.45) is 7.05 Å². The third-order valence-electron chi connectivity index (χ3n) is 3.47. The number of nitrogens with one attached hydrogen (secondary N) is 1. The van der Waals surface area contributed by atoms with Gasteiger partial charge in [0.15, 0.2) is 0 Å². The summed E-state index contributed by atoms with van der Waals surface area (Å²) in [5.41, 5.74) is 3.81. The van der Waals surface area contributed by atoms with Crippen LogP contribution in [-0.2, 0) is 7.05 Å². The molecule has 1 N–H and O–H groups in total. The van der Waals surface area contributed by atoms with Gasteiger partial charge in [-0.05, 0) is 13.8 Å². The fraction of sp³-hybridized carbons (Fsp3) is 0.188. The number of aryl methyl sites for hydroxylation is 2. The summed E-state index contributed by atoms with van der Waals surface area (Å²) in [6.45, 7) is 3.69. The first-order valence-electron chi connectivity index (χ1n) is 6.73. The molecule has 1 aromatic carbocycles. The van der Waals surface area contributed by atoms with Crippen molar-refractivity contribution < 1.29 is 0 Å². The number of aromatic amines is 1. The molecule has 0 aliphatic carbocycles. The summed E-state index contributed by atoms with van der Waals surface area (Å²) in [5.74, 6) is 0.551. The molecule has 0 radical (unpaired) electrons. The van der Waals surface area contributed by atoms with Crippen LogP contribution in [0.1, 0.15) is 11.3 Å². The maximum absolute atomic E-state index is 12.2. The number of aromatic nitrogens is 4. The van der Waals surface area contributed by atoms with Crippen molar-refractivity contribution in [3.63, 3.8) is 0 Å². The molecule has 0 aliphatic rings. The van der Waals surface area contributed by atoms with Gasteiger partial charge in [-0.2, -0.15) is 5.10 Å². The van der Waals surface area contributed by atoms with E-state index in [2.05, 4.69) is 15.1 Å². The normalized spacial score (nSPS) is 10.8. The molecule has 0 spiro atoms. The predicted octanol–water partition coefficient (Wildman–Crippen LogP) is 2.45. The lowest BCUT2D eigenvalue weighted by Crippen LogP contribution is -2.14. The molecule has 2 aromatic heterocycles. The van der Waals surface area contributed by atoms with Crippen LogP contribution in [0, 0.1) is 13.8 Å². The van der Waals surface area contributed by atoms with E-state index in [0.29, 0.717) is 17.1 Å². The minimum Gasteiger partial charge on any atom is -0.306 e. The van der Waals surface area contributed by atoms with E-state index in [0.717, 1.165) is 16.8 Å². The Morgan fingerprint density at radius 1 is 1.14 bits per heavy atom. The summed E-state index contributed by atoms with van der Waals surface area (Å²) in [4.78, 5) is 19.7. The number of H-pyrrole nitrogens is 1. The molecule has 0 fully saturated rings. The van der Waals surface area contributed by atoms with E-state index >= 15 is 0 Å². The molecule has 5 nitrogen and oxygen atoms in total. The highest BCUT2D eigenvalue weighted by molar-refractivity contribution is 5.66. The van der Waals surface area contributed by atoms with Crippen LogP contribution >= 0.6 is 0 Å². The van der Waals surface area contributed by atoms with Gasteiger partial charge in [0.1, 0.15) is 5.82 Å². The predicted molar refractivity (Wildman–Crippen MR) is 82.0 cm³/mol. The Labute approximate surface area is 122 Å². The Hall–Kier alpha value is -2.69. The summed E-state index contributed by atoms with van der Waals surface area (Å²) >= 11 is 0. The van der Waals surface area contributed by atoms with E-state index in [1.54, 1.807) is 11.6 Å². The lowest BCUT2D eigenvalue weighted by Gasteiger charge is -2.07. The summed E-state index contributed by atoms with van der Waals surface area (Å²) in [7, 11) is 1.85. The van der Waals surface area contributed by atoms with Crippen LogP contribution in [0.3, 0.4) is 0 Å². The number of hydrogen-bond donors (Lipinski definition) is 1. The van der Waals surface area contributed by atoms with Crippen molar-refractivity contribution in [1.82, 2.24) is 19.7 Å². The van der Waals surface area contributed by atoms with Crippen LogP contribution in [0.5, 0.6) is 0 Å². The van der Waals surface area contributed by atoms with Gasteiger partial charge in [0.2, 0.25) is 0 Å². The van der Waals surface area contributed by atoms with Crippen LogP contribution in [0.4, 0.5) is 0 Å². The number of benzene rings is 1. The molecule has 2 heterocycles. The van der Waals surface area contributed by atoms with Crippen molar-refractivity contribution in [2.75, 3.05) is 0 Å². The van der Waals surface area contributed by atoms with Gasteiger partial charge < -0.3 is 4.98 Å². The van der Waals surface area contributed by atoms with Gasteiger partial charge in [-0.3, -0.25) is 9.48 Å². The maximum Gasteiger partial charge on any atom is 0.254 e.